The molecule has 33 heavy (non-hydrogen) atoms. The third kappa shape index (κ3) is 5.95. The number of ether oxygens (including phenoxy) is 3. The van der Waals surface area contributed by atoms with Crippen LogP contribution in [0, 0.1) is 6.92 Å². The second-order valence-corrected chi connectivity index (χ2v) is 9.12. The molecule has 2 heterocycles. The number of carbonyl (C=O) groups excluding carboxylic acids is 1. The van der Waals surface area contributed by atoms with E-state index in [1.165, 1.54) is 11.3 Å². The van der Waals surface area contributed by atoms with E-state index in [0.717, 1.165) is 41.2 Å². The minimum Gasteiger partial charge on any atom is -0.494 e. The van der Waals surface area contributed by atoms with Gasteiger partial charge >= 0.3 is 0 Å². The fourth-order valence-electron chi connectivity index (χ4n) is 3.62. The van der Waals surface area contributed by atoms with Gasteiger partial charge in [0.25, 0.3) is 5.91 Å². The lowest BCUT2D eigenvalue weighted by atomic mass is 10.2. The maximum atomic E-state index is 13.3. The van der Waals surface area contributed by atoms with Gasteiger partial charge in [0.15, 0.2) is 11.7 Å². The van der Waals surface area contributed by atoms with Crippen molar-refractivity contribution < 1.29 is 19.0 Å². The SMILES string of the molecule is CCOc1ccc(OCC(=O)N(CCN2CCOCC2)c2nc3c(C)ccc(Cl)c3s2)cc1. The number of nitrogens with zero attached hydrogens (tertiary/aromatic N) is 3. The summed E-state index contributed by atoms with van der Waals surface area (Å²) in [6.45, 7) is 8.84. The zero-order valence-electron chi connectivity index (χ0n) is 18.9. The smallest absolute Gasteiger partial charge is 0.266 e. The zero-order valence-corrected chi connectivity index (χ0v) is 20.5. The van der Waals surface area contributed by atoms with Gasteiger partial charge in [-0.2, -0.15) is 0 Å². The van der Waals surface area contributed by atoms with E-state index in [0.29, 0.717) is 42.3 Å². The van der Waals surface area contributed by atoms with Crippen molar-refractivity contribution in [2.45, 2.75) is 13.8 Å². The third-order valence-electron chi connectivity index (χ3n) is 5.46. The van der Waals surface area contributed by atoms with Gasteiger partial charge in [-0.15, -0.1) is 0 Å². The summed E-state index contributed by atoms with van der Waals surface area (Å²) >= 11 is 7.85. The molecule has 0 bridgehead atoms. The molecule has 1 saturated heterocycles. The number of aromatic nitrogens is 1. The number of benzene rings is 2. The van der Waals surface area contributed by atoms with Crippen molar-refractivity contribution >= 4 is 44.2 Å². The Morgan fingerprint density at radius 3 is 2.52 bits per heavy atom. The topological polar surface area (TPSA) is 64.1 Å². The van der Waals surface area contributed by atoms with E-state index in [1.807, 2.05) is 38.1 Å². The Hall–Kier alpha value is -2.39. The molecule has 0 spiro atoms. The van der Waals surface area contributed by atoms with Crippen LogP contribution in [0.4, 0.5) is 5.13 Å². The Balaban J connectivity index is 1.50. The molecule has 0 N–H and O–H groups in total. The molecule has 0 radical (unpaired) electrons. The number of thiazole rings is 1. The van der Waals surface area contributed by atoms with Gasteiger partial charge in [-0.05, 0) is 49.7 Å². The van der Waals surface area contributed by atoms with Crippen LogP contribution < -0.4 is 14.4 Å². The summed E-state index contributed by atoms with van der Waals surface area (Å²) in [7, 11) is 0. The van der Waals surface area contributed by atoms with Crippen LogP contribution in [-0.4, -0.2) is 68.4 Å². The molecule has 1 aliphatic heterocycles. The maximum absolute atomic E-state index is 13.3. The number of fused-ring (bicyclic) bond motifs is 1. The van der Waals surface area contributed by atoms with Crippen LogP contribution in [0.5, 0.6) is 11.5 Å². The largest absolute Gasteiger partial charge is 0.494 e. The molecule has 1 aliphatic rings. The Bertz CT molecular complexity index is 1040. The minimum absolute atomic E-state index is 0.0836. The minimum atomic E-state index is -0.148. The van der Waals surface area contributed by atoms with Crippen LogP contribution in [0.1, 0.15) is 12.5 Å². The third-order valence-corrected chi connectivity index (χ3v) is 7.00. The number of rotatable bonds is 9. The molecule has 0 aliphatic carbocycles. The van der Waals surface area contributed by atoms with Crippen molar-refractivity contribution in [2.24, 2.45) is 0 Å². The molecule has 0 unspecified atom stereocenters. The Morgan fingerprint density at radius 2 is 1.85 bits per heavy atom. The van der Waals surface area contributed by atoms with Crippen molar-refractivity contribution in [3.05, 3.63) is 47.0 Å². The van der Waals surface area contributed by atoms with E-state index in [4.69, 9.17) is 30.8 Å². The second-order valence-electron chi connectivity index (χ2n) is 7.73. The number of anilines is 1. The molecular formula is C24H28ClN3O4S. The van der Waals surface area contributed by atoms with Crippen molar-refractivity contribution in [1.82, 2.24) is 9.88 Å². The molecule has 3 aromatic rings. The summed E-state index contributed by atoms with van der Waals surface area (Å²) in [5.41, 5.74) is 1.86. The van der Waals surface area contributed by atoms with E-state index in [-0.39, 0.29) is 12.5 Å². The van der Waals surface area contributed by atoms with Crippen LogP contribution in [-0.2, 0) is 9.53 Å². The van der Waals surface area contributed by atoms with Crippen molar-refractivity contribution in [3.8, 4) is 11.5 Å². The van der Waals surface area contributed by atoms with E-state index in [1.54, 1.807) is 17.0 Å². The lowest BCUT2D eigenvalue weighted by Gasteiger charge is -2.29. The van der Waals surface area contributed by atoms with Crippen LogP contribution >= 0.6 is 22.9 Å². The number of amides is 1. The van der Waals surface area contributed by atoms with E-state index in [9.17, 15) is 4.79 Å². The van der Waals surface area contributed by atoms with Crippen LogP contribution in [0.3, 0.4) is 0 Å². The molecule has 1 amide bonds. The number of morpholine rings is 1. The summed E-state index contributed by atoms with van der Waals surface area (Å²) in [4.78, 5) is 22.0. The Labute approximate surface area is 202 Å². The quantitative estimate of drug-likeness (QED) is 0.444. The summed E-state index contributed by atoms with van der Waals surface area (Å²) < 4.78 is 17.6. The van der Waals surface area contributed by atoms with E-state index >= 15 is 0 Å². The molecule has 9 heteroatoms. The Morgan fingerprint density at radius 1 is 1.15 bits per heavy atom. The fourth-order valence-corrected chi connectivity index (χ4v) is 4.98. The molecule has 4 rings (SSSR count). The molecule has 7 nitrogen and oxygen atoms in total. The van der Waals surface area contributed by atoms with Crippen molar-refractivity contribution in [1.29, 1.82) is 0 Å². The van der Waals surface area contributed by atoms with E-state index < -0.39 is 0 Å². The van der Waals surface area contributed by atoms with Gasteiger partial charge in [-0.3, -0.25) is 14.6 Å². The van der Waals surface area contributed by atoms with Crippen molar-refractivity contribution in [2.75, 3.05) is 57.5 Å². The molecule has 0 saturated carbocycles. The van der Waals surface area contributed by atoms with E-state index in [2.05, 4.69) is 4.90 Å². The van der Waals surface area contributed by atoms with Crippen LogP contribution in [0.25, 0.3) is 10.2 Å². The maximum Gasteiger partial charge on any atom is 0.266 e. The highest BCUT2D eigenvalue weighted by Gasteiger charge is 2.23. The van der Waals surface area contributed by atoms with Gasteiger partial charge in [0, 0.05) is 26.2 Å². The van der Waals surface area contributed by atoms with Gasteiger partial charge in [0.2, 0.25) is 0 Å². The Kier molecular flexibility index (Phi) is 8.03. The molecular weight excluding hydrogens is 462 g/mol. The molecule has 2 aromatic carbocycles. The number of halogens is 1. The van der Waals surface area contributed by atoms with Gasteiger partial charge in [0.1, 0.15) is 11.5 Å². The average Bonchev–Trinajstić information content (AvgIpc) is 3.29. The van der Waals surface area contributed by atoms with Gasteiger partial charge < -0.3 is 14.2 Å². The van der Waals surface area contributed by atoms with Gasteiger partial charge in [-0.1, -0.05) is 29.0 Å². The molecule has 1 aromatic heterocycles. The first-order valence-electron chi connectivity index (χ1n) is 11.1. The van der Waals surface area contributed by atoms with Gasteiger partial charge in [0.05, 0.1) is 35.1 Å². The standard InChI is InChI=1S/C24H28ClN3O4S/c1-3-31-18-5-7-19(8-6-18)32-16-21(29)28(11-10-27-12-14-30-15-13-27)24-26-22-17(2)4-9-20(25)23(22)33-24/h4-9H,3,10-16H2,1-2H3. The summed E-state index contributed by atoms with van der Waals surface area (Å²) in [6.07, 6.45) is 0. The second kappa shape index (κ2) is 11.2. The lowest BCUT2D eigenvalue weighted by molar-refractivity contribution is -0.120. The summed E-state index contributed by atoms with van der Waals surface area (Å²) in [6, 6.07) is 11.1. The monoisotopic (exact) mass is 489 g/mol. The van der Waals surface area contributed by atoms with Crippen LogP contribution in [0.2, 0.25) is 5.02 Å². The number of aryl methyl sites for hydroxylation is 1. The van der Waals surface area contributed by atoms with Gasteiger partial charge in [-0.25, -0.2) is 4.98 Å². The predicted molar refractivity (Wildman–Crippen MR) is 132 cm³/mol. The molecule has 176 valence electrons. The number of hydrogen-bond donors (Lipinski definition) is 0. The first kappa shape index (κ1) is 23.8. The fraction of sp³-hybridized carbons (Fsp3) is 0.417. The number of hydrogen-bond acceptors (Lipinski definition) is 7. The average molecular weight is 490 g/mol. The molecule has 0 atom stereocenters. The van der Waals surface area contributed by atoms with Crippen molar-refractivity contribution in [3.63, 3.8) is 0 Å². The number of carbonyl (C=O) groups is 1. The normalized spacial score (nSPS) is 14.4. The van der Waals surface area contributed by atoms with Crippen LogP contribution in [0.15, 0.2) is 36.4 Å². The molecule has 1 fully saturated rings. The zero-order chi connectivity index (χ0) is 23.2. The lowest BCUT2D eigenvalue weighted by Crippen LogP contribution is -2.44. The first-order chi connectivity index (χ1) is 16.0. The predicted octanol–water partition coefficient (Wildman–Crippen LogP) is 4.40. The summed E-state index contributed by atoms with van der Waals surface area (Å²) in [5.74, 6) is 1.23. The highest BCUT2D eigenvalue weighted by molar-refractivity contribution is 7.23. The summed E-state index contributed by atoms with van der Waals surface area (Å²) in [5, 5.41) is 1.28. The first-order valence-corrected chi connectivity index (χ1v) is 12.3. The highest BCUT2D eigenvalue weighted by Crippen LogP contribution is 2.35. The highest BCUT2D eigenvalue weighted by atomic mass is 35.5.